The molecule has 2 aliphatic carbocycles. The largest absolute Gasteiger partial charge is 0.459 e. The van der Waals surface area contributed by atoms with Crippen LogP contribution in [-0.2, 0) is 18.8 Å². The number of rotatable bonds is 7. The predicted octanol–water partition coefficient (Wildman–Crippen LogP) is 5.09. The van der Waals surface area contributed by atoms with Gasteiger partial charge in [0.2, 0.25) is 0 Å². The molecular formula is C20H26O7S. The Morgan fingerprint density at radius 2 is 1.25 bits per heavy atom. The quantitative estimate of drug-likeness (QED) is 0.287. The maximum Gasteiger partial charge on any atom is 0.338 e. The Hall–Kier alpha value is -1.61. The van der Waals surface area contributed by atoms with Crippen molar-refractivity contribution < 1.29 is 33.7 Å². The summed E-state index contributed by atoms with van der Waals surface area (Å²) in [7, 11) is 0. The van der Waals surface area contributed by atoms with Gasteiger partial charge in [0.25, 0.3) is 0 Å². The molecule has 3 rings (SSSR count). The number of benzene rings is 1. The van der Waals surface area contributed by atoms with Gasteiger partial charge in [-0.15, -0.1) is 4.33 Å². The second kappa shape index (κ2) is 10.8. The molecule has 2 saturated carbocycles. The Bertz CT molecular complexity index is 616. The number of ether oxygens (including phenoxy) is 2. The lowest BCUT2D eigenvalue weighted by Gasteiger charge is -2.23. The molecule has 0 unspecified atom stereocenters. The third-order valence-electron chi connectivity index (χ3n) is 5.19. The zero-order chi connectivity index (χ0) is 19.8. The van der Waals surface area contributed by atoms with E-state index < -0.39 is 11.9 Å². The molecule has 0 amide bonds. The smallest absolute Gasteiger partial charge is 0.338 e. The van der Waals surface area contributed by atoms with Crippen molar-refractivity contribution in [2.45, 2.75) is 81.3 Å². The summed E-state index contributed by atoms with van der Waals surface area (Å²) in [4.78, 5) is 25.6. The van der Waals surface area contributed by atoms with Crippen molar-refractivity contribution >= 4 is 24.0 Å². The number of hydrogen-bond acceptors (Lipinski definition) is 8. The molecule has 7 nitrogen and oxygen atoms in total. The maximum absolute atomic E-state index is 12.6. The minimum atomic E-state index is -0.481. The lowest BCUT2D eigenvalue weighted by Crippen LogP contribution is -2.22. The molecular weight excluding hydrogens is 384 g/mol. The van der Waals surface area contributed by atoms with Crippen LogP contribution in [-0.4, -0.2) is 29.4 Å². The minimum Gasteiger partial charge on any atom is -0.459 e. The fraction of sp³-hybridized carbons (Fsp3) is 0.600. The van der Waals surface area contributed by atoms with Crippen molar-refractivity contribution in [1.82, 2.24) is 0 Å². The van der Waals surface area contributed by atoms with Crippen LogP contribution in [0.2, 0.25) is 0 Å². The van der Waals surface area contributed by atoms with E-state index in [0.717, 1.165) is 64.2 Å². The van der Waals surface area contributed by atoms with Crippen molar-refractivity contribution in [3.8, 4) is 0 Å². The molecule has 8 heteroatoms. The average molecular weight is 410 g/mol. The van der Waals surface area contributed by atoms with E-state index in [2.05, 4.69) is 9.37 Å². The molecule has 0 aromatic heterocycles. The first-order valence-electron chi connectivity index (χ1n) is 9.87. The summed E-state index contributed by atoms with van der Waals surface area (Å²) in [6, 6.07) is 4.55. The third-order valence-corrected chi connectivity index (χ3v) is 5.75. The van der Waals surface area contributed by atoms with Gasteiger partial charge in [-0.2, -0.15) is 0 Å². The molecule has 0 bridgehead atoms. The summed E-state index contributed by atoms with van der Waals surface area (Å²) in [5, 5.41) is 12.0. The van der Waals surface area contributed by atoms with Gasteiger partial charge >= 0.3 is 11.9 Å². The van der Waals surface area contributed by atoms with Crippen molar-refractivity contribution in [1.29, 1.82) is 0 Å². The second-order valence-corrected chi connectivity index (χ2v) is 8.08. The molecule has 1 N–H and O–H groups in total. The fourth-order valence-corrected chi connectivity index (χ4v) is 4.20. The van der Waals surface area contributed by atoms with Crippen LogP contribution < -0.4 is 0 Å². The van der Waals surface area contributed by atoms with Gasteiger partial charge in [-0.1, -0.05) is 17.9 Å². The summed E-state index contributed by atoms with van der Waals surface area (Å²) in [5.41, 5.74) is 0.486. The highest BCUT2D eigenvalue weighted by molar-refractivity contribution is 7.94. The van der Waals surface area contributed by atoms with Crippen LogP contribution in [0, 0.1) is 0 Å². The SMILES string of the molecule is O=C(OC1CCCCC1)c1cc(SOOO)cc(C(=O)OC2CCCCC2)c1. The first-order chi connectivity index (χ1) is 13.7. The normalized spacial score (nSPS) is 18.6. The molecule has 2 fully saturated rings. The first kappa shape index (κ1) is 21.1. The minimum absolute atomic E-state index is 0.0905. The highest BCUT2D eigenvalue weighted by Gasteiger charge is 2.23. The molecule has 28 heavy (non-hydrogen) atoms. The zero-order valence-corrected chi connectivity index (χ0v) is 16.6. The highest BCUT2D eigenvalue weighted by atomic mass is 32.2. The molecule has 0 aliphatic heterocycles. The van der Waals surface area contributed by atoms with Crippen molar-refractivity contribution in [2.75, 3.05) is 0 Å². The molecule has 1 aromatic rings. The van der Waals surface area contributed by atoms with E-state index in [4.69, 9.17) is 14.7 Å². The van der Waals surface area contributed by atoms with Crippen LogP contribution in [0.5, 0.6) is 0 Å². The molecule has 1 aromatic carbocycles. The monoisotopic (exact) mass is 410 g/mol. The maximum atomic E-state index is 12.6. The molecule has 0 spiro atoms. The van der Waals surface area contributed by atoms with Crippen molar-refractivity contribution in [2.24, 2.45) is 0 Å². The highest BCUT2D eigenvalue weighted by Crippen LogP contribution is 2.27. The van der Waals surface area contributed by atoms with Crippen LogP contribution in [0.25, 0.3) is 0 Å². The lowest BCUT2D eigenvalue weighted by molar-refractivity contribution is -0.432. The van der Waals surface area contributed by atoms with E-state index in [9.17, 15) is 9.59 Å². The first-order valence-corrected chi connectivity index (χ1v) is 10.6. The van der Waals surface area contributed by atoms with Gasteiger partial charge < -0.3 is 9.47 Å². The summed E-state index contributed by atoms with van der Waals surface area (Å²) < 4.78 is 15.7. The topological polar surface area (TPSA) is 91.3 Å². The molecule has 0 atom stereocenters. The van der Waals surface area contributed by atoms with Crippen LogP contribution in [0.4, 0.5) is 0 Å². The molecule has 0 heterocycles. The van der Waals surface area contributed by atoms with Crippen molar-refractivity contribution in [3.63, 3.8) is 0 Å². The number of esters is 2. The van der Waals surface area contributed by atoms with Crippen LogP contribution in [0.1, 0.15) is 84.9 Å². The standard InChI is InChI=1S/C20H26O7S/c21-19(24-16-7-3-1-4-8-16)14-11-15(13-18(12-14)28-27-26-23)20(22)25-17-9-5-2-6-10-17/h11-13,16-17,23H,1-10H2. The van der Waals surface area contributed by atoms with E-state index in [1.807, 2.05) is 0 Å². The van der Waals surface area contributed by atoms with Gasteiger partial charge in [0, 0.05) is 4.90 Å². The van der Waals surface area contributed by atoms with Crippen LogP contribution in [0.3, 0.4) is 0 Å². The number of carbonyl (C=O) groups is 2. The average Bonchev–Trinajstić information content (AvgIpc) is 2.73. The Kier molecular flexibility index (Phi) is 8.14. The van der Waals surface area contributed by atoms with E-state index >= 15 is 0 Å². The third kappa shape index (κ3) is 6.20. The van der Waals surface area contributed by atoms with Gasteiger partial charge in [0.05, 0.1) is 23.2 Å². The van der Waals surface area contributed by atoms with Crippen LogP contribution in [0.15, 0.2) is 23.1 Å². The van der Waals surface area contributed by atoms with E-state index in [1.165, 1.54) is 18.2 Å². The van der Waals surface area contributed by atoms with E-state index in [0.29, 0.717) is 16.9 Å². The van der Waals surface area contributed by atoms with Gasteiger partial charge in [0.15, 0.2) is 0 Å². The zero-order valence-electron chi connectivity index (χ0n) is 15.8. The summed E-state index contributed by atoms with van der Waals surface area (Å²) in [6.07, 6.45) is 9.78. The molecule has 2 aliphatic rings. The summed E-state index contributed by atoms with van der Waals surface area (Å²) >= 11 is 0.688. The summed E-state index contributed by atoms with van der Waals surface area (Å²) in [6.45, 7) is 0. The number of carbonyl (C=O) groups excluding carboxylic acids is 2. The molecule has 154 valence electrons. The second-order valence-electron chi connectivity index (χ2n) is 7.30. The Labute approximate surface area is 168 Å². The van der Waals surface area contributed by atoms with Crippen LogP contribution >= 0.6 is 12.0 Å². The fourth-order valence-electron chi connectivity index (χ4n) is 3.74. The Balaban J connectivity index is 1.73. The Morgan fingerprint density at radius 1 is 0.786 bits per heavy atom. The van der Waals surface area contributed by atoms with Crippen molar-refractivity contribution in [3.05, 3.63) is 29.3 Å². The van der Waals surface area contributed by atoms with E-state index in [1.54, 1.807) is 0 Å². The molecule has 0 saturated heterocycles. The Morgan fingerprint density at radius 3 is 1.68 bits per heavy atom. The van der Waals surface area contributed by atoms with Gasteiger partial charge in [-0.05, 0) is 69.6 Å². The lowest BCUT2D eigenvalue weighted by atomic mass is 9.97. The summed E-state index contributed by atoms with van der Waals surface area (Å²) in [5.74, 6) is -0.961. The van der Waals surface area contributed by atoms with E-state index in [-0.39, 0.29) is 23.3 Å². The van der Waals surface area contributed by atoms with Gasteiger partial charge in [-0.3, -0.25) is 0 Å². The van der Waals surface area contributed by atoms with Gasteiger partial charge in [-0.25, -0.2) is 14.8 Å². The molecule has 0 radical (unpaired) electrons. The number of hydrogen-bond donors (Lipinski definition) is 1. The predicted molar refractivity (Wildman–Crippen MR) is 102 cm³/mol. The van der Waals surface area contributed by atoms with Gasteiger partial charge in [0.1, 0.15) is 12.2 Å².